The molecule has 7 heteroatoms. The van der Waals surface area contributed by atoms with Crippen molar-refractivity contribution in [2.75, 3.05) is 5.32 Å². The van der Waals surface area contributed by atoms with Crippen molar-refractivity contribution in [3.8, 4) is 0 Å². The van der Waals surface area contributed by atoms with Gasteiger partial charge in [-0.15, -0.1) is 0 Å². The summed E-state index contributed by atoms with van der Waals surface area (Å²) < 4.78 is 0. The van der Waals surface area contributed by atoms with Crippen LogP contribution in [0.25, 0.3) is 0 Å². The molecule has 2 aromatic rings. The highest BCUT2D eigenvalue weighted by Crippen LogP contribution is 2.31. The highest BCUT2D eigenvalue weighted by molar-refractivity contribution is 6.32. The summed E-state index contributed by atoms with van der Waals surface area (Å²) in [5.41, 5.74) is 1.60. The van der Waals surface area contributed by atoms with Crippen LogP contribution in [0.15, 0.2) is 42.5 Å². The second kappa shape index (κ2) is 5.06. The van der Waals surface area contributed by atoms with Crippen molar-refractivity contribution in [3.63, 3.8) is 0 Å². The first-order valence-electron chi connectivity index (χ1n) is 6.16. The number of nitrogens with zero attached hydrogens (tertiary/aromatic N) is 1. The predicted molar refractivity (Wildman–Crippen MR) is 78.4 cm³/mol. The molecule has 0 saturated carbocycles. The zero-order chi connectivity index (χ0) is 15.0. The molecule has 0 fully saturated rings. The average Bonchev–Trinajstić information content (AvgIpc) is 2.47. The van der Waals surface area contributed by atoms with Gasteiger partial charge in [-0.3, -0.25) is 14.9 Å². The zero-order valence-corrected chi connectivity index (χ0v) is 11.4. The lowest BCUT2D eigenvalue weighted by Crippen LogP contribution is -2.38. The van der Waals surface area contributed by atoms with Gasteiger partial charge in [-0.05, 0) is 18.2 Å². The van der Waals surface area contributed by atoms with Crippen LogP contribution in [-0.2, 0) is 0 Å². The third kappa shape index (κ3) is 2.41. The molecule has 1 aliphatic rings. The van der Waals surface area contributed by atoms with E-state index in [4.69, 9.17) is 11.6 Å². The van der Waals surface area contributed by atoms with Crippen molar-refractivity contribution in [1.29, 1.82) is 0 Å². The van der Waals surface area contributed by atoms with Gasteiger partial charge in [0.05, 0.1) is 10.5 Å². The molecule has 0 aliphatic carbocycles. The molecule has 1 amide bonds. The summed E-state index contributed by atoms with van der Waals surface area (Å²) in [4.78, 5) is 22.4. The van der Waals surface area contributed by atoms with Gasteiger partial charge in [-0.25, -0.2) is 0 Å². The first-order chi connectivity index (χ1) is 10.1. The number of hydrogen-bond donors (Lipinski definition) is 2. The number of anilines is 1. The number of carbonyl (C=O) groups excluding carboxylic acids is 1. The fourth-order valence-electron chi connectivity index (χ4n) is 2.22. The van der Waals surface area contributed by atoms with Crippen molar-refractivity contribution in [1.82, 2.24) is 5.32 Å². The number of para-hydroxylation sites is 1. The summed E-state index contributed by atoms with van der Waals surface area (Å²) in [5, 5.41) is 16.9. The van der Waals surface area contributed by atoms with E-state index in [1.165, 1.54) is 12.1 Å². The molecule has 106 valence electrons. The fraction of sp³-hybridized carbons (Fsp3) is 0.0714. The number of nitrogens with one attached hydrogen (secondary N) is 2. The van der Waals surface area contributed by atoms with Crippen LogP contribution >= 0.6 is 11.6 Å². The monoisotopic (exact) mass is 303 g/mol. The van der Waals surface area contributed by atoms with E-state index in [9.17, 15) is 14.9 Å². The zero-order valence-electron chi connectivity index (χ0n) is 10.7. The molecule has 0 aromatic heterocycles. The summed E-state index contributed by atoms with van der Waals surface area (Å²) in [5.74, 6) is -0.230. The van der Waals surface area contributed by atoms with Gasteiger partial charge in [-0.1, -0.05) is 29.8 Å². The van der Waals surface area contributed by atoms with Crippen molar-refractivity contribution in [3.05, 3.63) is 68.7 Å². The molecular weight excluding hydrogens is 294 g/mol. The maximum absolute atomic E-state index is 12.0. The second-order valence-corrected chi connectivity index (χ2v) is 4.97. The third-order valence-electron chi connectivity index (χ3n) is 3.25. The Morgan fingerprint density at radius 3 is 2.67 bits per heavy atom. The van der Waals surface area contributed by atoms with Gasteiger partial charge in [0.15, 0.2) is 0 Å². The minimum Gasteiger partial charge on any atom is -0.361 e. The number of fused-ring (bicyclic) bond motifs is 1. The van der Waals surface area contributed by atoms with Crippen LogP contribution in [-0.4, -0.2) is 10.8 Å². The molecule has 2 N–H and O–H groups in total. The van der Waals surface area contributed by atoms with Gasteiger partial charge in [-0.2, -0.15) is 0 Å². The number of nitro benzene ring substituents is 1. The summed E-state index contributed by atoms with van der Waals surface area (Å²) in [6, 6.07) is 11.5. The van der Waals surface area contributed by atoms with Crippen LogP contribution in [0.4, 0.5) is 11.4 Å². The Balaban J connectivity index is 1.98. The quantitative estimate of drug-likeness (QED) is 0.659. The number of amides is 1. The number of benzene rings is 2. The van der Waals surface area contributed by atoms with Crippen molar-refractivity contribution in [2.45, 2.75) is 6.17 Å². The minimum atomic E-state index is -0.551. The highest BCUT2D eigenvalue weighted by atomic mass is 35.5. The lowest BCUT2D eigenvalue weighted by atomic mass is 10.1. The Labute approximate surface area is 124 Å². The Kier molecular flexibility index (Phi) is 3.23. The van der Waals surface area contributed by atoms with Crippen molar-refractivity contribution in [2.24, 2.45) is 0 Å². The van der Waals surface area contributed by atoms with Gasteiger partial charge < -0.3 is 10.6 Å². The van der Waals surface area contributed by atoms with Crippen LogP contribution in [0.5, 0.6) is 0 Å². The molecule has 0 radical (unpaired) electrons. The van der Waals surface area contributed by atoms with E-state index in [0.29, 0.717) is 16.8 Å². The van der Waals surface area contributed by atoms with E-state index in [1.54, 1.807) is 24.3 Å². The average molecular weight is 304 g/mol. The SMILES string of the molecule is O=C1N[C@@H](c2ccc(Cl)c([N+](=O)[O-])c2)Nc2ccccc21. The molecule has 0 bridgehead atoms. The molecule has 0 spiro atoms. The molecule has 21 heavy (non-hydrogen) atoms. The van der Waals surface area contributed by atoms with Gasteiger partial charge >= 0.3 is 0 Å². The molecule has 2 aromatic carbocycles. The number of carbonyl (C=O) groups is 1. The van der Waals surface area contributed by atoms with E-state index < -0.39 is 11.1 Å². The molecule has 6 nitrogen and oxygen atoms in total. The Hall–Kier alpha value is -2.60. The molecule has 1 heterocycles. The van der Waals surface area contributed by atoms with Crippen molar-refractivity contribution < 1.29 is 9.72 Å². The van der Waals surface area contributed by atoms with Crippen LogP contribution < -0.4 is 10.6 Å². The fourth-order valence-corrected chi connectivity index (χ4v) is 2.41. The summed E-state index contributed by atoms with van der Waals surface area (Å²) in [6.45, 7) is 0. The number of halogens is 1. The number of rotatable bonds is 2. The van der Waals surface area contributed by atoms with Crippen LogP contribution in [0, 0.1) is 10.1 Å². The smallest absolute Gasteiger partial charge is 0.288 e. The number of nitro groups is 1. The summed E-state index contributed by atoms with van der Waals surface area (Å²) >= 11 is 5.79. The predicted octanol–water partition coefficient (Wildman–Crippen LogP) is 3.10. The molecule has 0 saturated heterocycles. The first kappa shape index (κ1) is 13.4. The first-order valence-corrected chi connectivity index (χ1v) is 6.54. The lowest BCUT2D eigenvalue weighted by molar-refractivity contribution is -0.384. The van der Waals surface area contributed by atoms with E-state index in [1.807, 2.05) is 6.07 Å². The van der Waals surface area contributed by atoms with E-state index >= 15 is 0 Å². The summed E-state index contributed by atoms with van der Waals surface area (Å²) in [6.07, 6.45) is -0.539. The topological polar surface area (TPSA) is 84.3 Å². The molecule has 1 atom stereocenters. The lowest BCUT2D eigenvalue weighted by Gasteiger charge is -2.28. The number of hydrogen-bond acceptors (Lipinski definition) is 4. The molecular formula is C14H10ClN3O3. The van der Waals surface area contributed by atoms with Gasteiger partial charge in [0.2, 0.25) is 0 Å². The normalized spacial score (nSPS) is 16.6. The van der Waals surface area contributed by atoms with E-state index in [0.717, 1.165) is 0 Å². The minimum absolute atomic E-state index is 0.0614. The van der Waals surface area contributed by atoms with Crippen LogP contribution in [0.2, 0.25) is 5.02 Å². The Morgan fingerprint density at radius 2 is 1.90 bits per heavy atom. The van der Waals surface area contributed by atoms with Crippen molar-refractivity contribution >= 4 is 28.9 Å². The Bertz CT molecular complexity index is 748. The van der Waals surface area contributed by atoms with E-state index in [2.05, 4.69) is 10.6 Å². The molecule has 3 rings (SSSR count). The summed E-state index contributed by atoms with van der Waals surface area (Å²) in [7, 11) is 0. The van der Waals surface area contributed by atoms with Crippen LogP contribution in [0.1, 0.15) is 22.1 Å². The van der Waals surface area contributed by atoms with Gasteiger partial charge in [0.1, 0.15) is 11.2 Å². The largest absolute Gasteiger partial charge is 0.361 e. The molecule has 0 unspecified atom stereocenters. The van der Waals surface area contributed by atoms with Gasteiger partial charge in [0, 0.05) is 17.3 Å². The Morgan fingerprint density at radius 1 is 1.14 bits per heavy atom. The maximum atomic E-state index is 12.0. The van der Waals surface area contributed by atoms with Gasteiger partial charge in [0.25, 0.3) is 11.6 Å². The highest BCUT2D eigenvalue weighted by Gasteiger charge is 2.25. The third-order valence-corrected chi connectivity index (χ3v) is 3.57. The maximum Gasteiger partial charge on any atom is 0.288 e. The standard InChI is InChI=1S/C14H10ClN3O3/c15-10-6-5-8(7-12(10)18(20)21)13-16-11-4-2-1-3-9(11)14(19)17-13/h1-7,13,16H,(H,17,19)/t13-/m0/s1. The molecule has 1 aliphatic heterocycles. The van der Waals surface area contributed by atoms with Crippen LogP contribution in [0.3, 0.4) is 0 Å². The van der Waals surface area contributed by atoms with E-state index in [-0.39, 0.29) is 16.6 Å². The second-order valence-electron chi connectivity index (χ2n) is 4.56.